The molecule has 2 saturated carbocycles. The summed E-state index contributed by atoms with van der Waals surface area (Å²) in [6, 6.07) is 3.61. The Morgan fingerprint density at radius 2 is 1.58 bits per heavy atom. The zero-order valence-corrected chi connectivity index (χ0v) is 14.8. The Morgan fingerprint density at radius 1 is 0.923 bits per heavy atom. The van der Waals surface area contributed by atoms with E-state index in [1.807, 2.05) is 0 Å². The van der Waals surface area contributed by atoms with E-state index in [9.17, 15) is 20.2 Å². The molecule has 0 aliphatic heterocycles. The van der Waals surface area contributed by atoms with Gasteiger partial charge in [-0.3, -0.25) is 25.7 Å². The molecule has 0 atom stereocenters. The SMILES string of the molecule is O=[N+]([O-])c1ccc(N/N=C2/CCCCCC23CCCCC3)c([N+](=O)[O-])c1. The van der Waals surface area contributed by atoms with Gasteiger partial charge in [0.25, 0.3) is 5.69 Å². The average Bonchev–Trinajstić information content (AvgIpc) is 2.82. The first-order valence-corrected chi connectivity index (χ1v) is 9.28. The van der Waals surface area contributed by atoms with Crippen molar-refractivity contribution in [1.82, 2.24) is 0 Å². The minimum atomic E-state index is -0.634. The van der Waals surface area contributed by atoms with Crippen LogP contribution in [0.2, 0.25) is 0 Å². The molecule has 3 rings (SSSR count). The van der Waals surface area contributed by atoms with Crippen LogP contribution in [0.1, 0.15) is 64.2 Å². The van der Waals surface area contributed by atoms with Gasteiger partial charge in [-0.25, -0.2) is 0 Å². The van der Waals surface area contributed by atoms with Crippen LogP contribution in [0.3, 0.4) is 0 Å². The lowest BCUT2D eigenvalue weighted by Gasteiger charge is -2.37. The molecule has 0 bridgehead atoms. The zero-order valence-electron chi connectivity index (χ0n) is 14.8. The molecule has 1 aromatic rings. The van der Waals surface area contributed by atoms with Gasteiger partial charge in [0.15, 0.2) is 0 Å². The molecule has 0 aromatic heterocycles. The normalized spacial score (nSPS) is 21.3. The first kappa shape index (κ1) is 18.3. The van der Waals surface area contributed by atoms with Crippen molar-refractivity contribution in [1.29, 1.82) is 0 Å². The molecular formula is C18H24N4O4. The van der Waals surface area contributed by atoms with Gasteiger partial charge < -0.3 is 0 Å². The van der Waals surface area contributed by atoms with Crippen LogP contribution in [0.5, 0.6) is 0 Å². The van der Waals surface area contributed by atoms with E-state index in [-0.39, 0.29) is 22.5 Å². The van der Waals surface area contributed by atoms with Crippen molar-refractivity contribution in [2.75, 3.05) is 5.43 Å². The molecule has 0 heterocycles. The monoisotopic (exact) mass is 360 g/mol. The van der Waals surface area contributed by atoms with Gasteiger partial charge in [0, 0.05) is 17.2 Å². The van der Waals surface area contributed by atoms with Gasteiger partial charge in [-0.1, -0.05) is 32.1 Å². The highest BCUT2D eigenvalue weighted by atomic mass is 16.6. The maximum Gasteiger partial charge on any atom is 0.301 e. The van der Waals surface area contributed by atoms with Crippen molar-refractivity contribution in [3.05, 3.63) is 38.4 Å². The summed E-state index contributed by atoms with van der Waals surface area (Å²) in [4.78, 5) is 20.9. The third kappa shape index (κ3) is 3.84. The van der Waals surface area contributed by atoms with E-state index in [0.717, 1.165) is 43.9 Å². The van der Waals surface area contributed by atoms with E-state index in [0.29, 0.717) is 0 Å². The van der Waals surface area contributed by atoms with E-state index in [4.69, 9.17) is 0 Å². The van der Waals surface area contributed by atoms with Crippen molar-refractivity contribution in [3.8, 4) is 0 Å². The molecule has 2 aliphatic rings. The van der Waals surface area contributed by atoms with Crippen LogP contribution in [-0.4, -0.2) is 15.6 Å². The van der Waals surface area contributed by atoms with Gasteiger partial charge in [0.05, 0.1) is 15.9 Å². The molecule has 8 heteroatoms. The van der Waals surface area contributed by atoms with E-state index >= 15 is 0 Å². The fourth-order valence-electron chi connectivity index (χ4n) is 4.29. The van der Waals surface area contributed by atoms with Crippen molar-refractivity contribution in [2.45, 2.75) is 64.2 Å². The lowest BCUT2D eigenvalue weighted by atomic mass is 9.68. The van der Waals surface area contributed by atoms with Gasteiger partial charge in [0.2, 0.25) is 0 Å². The van der Waals surface area contributed by atoms with E-state index < -0.39 is 9.85 Å². The smallest absolute Gasteiger partial charge is 0.272 e. The zero-order chi connectivity index (χ0) is 18.6. The highest BCUT2D eigenvalue weighted by molar-refractivity contribution is 5.91. The standard InChI is InChI=1S/C18H24N4O4/c23-21(24)14-8-9-15(16(13-14)22(25)26)19-20-17-7-3-1-4-10-18(17)11-5-2-6-12-18/h8-9,13,19H,1-7,10-12H2/b20-17-. The fraction of sp³-hybridized carbons (Fsp3) is 0.611. The number of nitro benzene ring substituents is 2. The quantitative estimate of drug-likeness (QED) is 0.587. The second-order valence-electron chi connectivity index (χ2n) is 7.29. The first-order valence-electron chi connectivity index (χ1n) is 9.28. The number of hydrogen-bond donors (Lipinski definition) is 1. The number of hydrazone groups is 1. The summed E-state index contributed by atoms with van der Waals surface area (Å²) in [5.74, 6) is 0. The summed E-state index contributed by atoms with van der Waals surface area (Å²) in [5.41, 5.74) is 3.66. The Balaban J connectivity index is 1.89. The molecule has 140 valence electrons. The molecule has 1 N–H and O–H groups in total. The number of nitrogens with zero attached hydrogens (tertiary/aromatic N) is 3. The van der Waals surface area contributed by atoms with Gasteiger partial charge in [-0.15, -0.1) is 0 Å². The maximum absolute atomic E-state index is 11.3. The Kier molecular flexibility index (Phi) is 5.49. The molecule has 2 fully saturated rings. The Hall–Kier alpha value is -2.51. The van der Waals surface area contributed by atoms with Crippen LogP contribution in [0.15, 0.2) is 23.3 Å². The van der Waals surface area contributed by atoms with Crippen molar-refractivity contribution < 1.29 is 9.85 Å². The molecule has 2 aliphatic carbocycles. The van der Waals surface area contributed by atoms with Gasteiger partial charge in [-0.05, 0) is 38.2 Å². The average molecular weight is 360 g/mol. The van der Waals surface area contributed by atoms with E-state index in [1.165, 1.54) is 44.2 Å². The molecule has 0 saturated heterocycles. The maximum atomic E-state index is 11.3. The number of rotatable bonds is 4. The number of anilines is 1. The molecule has 26 heavy (non-hydrogen) atoms. The second-order valence-corrected chi connectivity index (χ2v) is 7.29. The van der Waals surface area contributed by atoms with Crippen molar-refractivity contribution in [2.24, 2.45) is 10.5 Å². The van der Waals surface area contributed by atoms with Crippen LogP contribution in [0, 0.1) is 25.6 Å². The lowest BCUT2D eigenvalue weighted by Crippen LogP contribution is -2.33. The summed E-state index contributed by atoms with van der Waals surface area (Å²) >= 11 is 0. The van der Waals surface area contributed by atoms with Crippen LogP contribution in [0.25, 0.3) is 0 Å². The highest BCUT2D eigenvalue weighted by Gasteiger charge is 2.37. The summed E-state index contributed by atoms with van der Waals surface area (Å²) in [6.07, 6.45) is 11.5. The minimum absolute atomic E-state index is 0.122. The van der Waals surface area contributed by atoms with E-state index in [1.54, 1.807) is 0 Å². The third-order valence-electron chi connectivity index (χ3n) is 5.69. The topological polar surface area (TPSA) is 111 Å². The van der Waals surface area contributed by atoms with Crippen LogP contribution in [-0.2, 0) is 0 Å². The predicted octanol–water partition coefficient (Wildman–Crippen LogP) is 5.19. The van der Waals surface area contributed by atoms with Gasteiger partial charge in [-0.2, -0.15) is 5.10 Å². The summed E-state index contributed by atoms with van der Waals surface area (Å²) < 4.78 is 0. The number of hydrogen-bond acceptors (Lipinski definition) is 6. The number of nitro groups is 2. The summed E-state index contributed by atoms with van der Waals surface area (Å²) in [5, 5.41) is 26.8. The van der Waals surface area contributed by atoms with Crippen LogP contribution in [0.4, 0.5) is 17.1 Å². The summed E-state index contributed by atoms with van der Waals surface area (Å²) in [6.45, 7) is 0. The molecule has 1 aromatic carbocycles. The molecular weight excluding hydrogens is 336 g/mol. The largest absolute Gasteiger partial charge is 0.301 e. The van der Waals surface area contributed by atoms with E-state index in [2.05, 4.69) is 10.5 Å². The first-order chi connectivity index (χ1) is 12.5. The molecule has 8 nitrogen and oxygen atoms in total. The minimum Gasteiger partial charge on any atom is -0.272 e. The number of non-ortho nitro benzene ring substituents is 1. The second kappa shape index (κ2) is 7.80. The van der Waals surface area contributed by atoms with Gasteiger partial charge in [0.1, 0.15) is 5.69 Å². The highest BCUT2D eigenvalue weighted by Crippen LogP contribution is 2.45. The fourth-order valence-corrected chi connectivity index (χ4v) is 4.29. The molecule has 0 amide bonds. The lowest BCUT2D eigenvalue weighted by molar-refractivity contribution is -0.393. The number of nitrogens with one attached hydrogen (secondary N) is 1. The van der Waals surface area contributed by atoms with Gasteiger partial charge >= 0.3 is 5.69 Å². The number of benzene rings is 1. The Morgan fingerprint density at radius 3 is 2.19 bits per heavy atom. The third-order valence-corrected chi connectivity index (χ3v) is 5.69. The summed E-state index contributed by atoms with van der Waals surface area (Å²) in [7, 11) is 0. The molecule has 0 radical (unpaired) electrons. The predicted molar refractivity (Wildman–Crippen MR) is 99.4 cm³/mol. The van der Waals surface area contributed by atoms with Crippen molar-refractivity contribution >= 4 is 22.8 Å². The van der Waals surface area contributed by atoms with Crippen LogP contribution < -0.4 is 5.43 Å². The Bertz CT molecular complexity index is 726. The molecule has 0 unspecified atom stereocenters. The van der Waals surface area contributed by atoms with Crippen LogP contribution >= 0.6 is 0 Å². The molecule has 1 spiro atoms. The van der Waals surface area contributed by atoms with Crippen molar-refractivity contribution in [3.63, 3.8) is 0 Å². The Labute approximate surface area is 152 Å².